The van der Waals surface area contributed by atoms with E-state index >= 15 is 0 Å². The zero-order valence-electron chi connectivity index (χ0n) is 16.6. The number of benzene rings is 2. The first-order valence-electron chi connectivity index (χ1n) is 8.93. The first-order chi connectivity index (χ1) is 14.9. The second kappa shape index (κ2) is 8.16. The van der Waals surface area contributed by atoms with Crippen molar-refractivity contribution in [2.45, 2.75) is 4.90 Å². The highest BCUT2D eigenvalue weighted by Crippen LogP contribution is 2.42. The van der Waals surface area contributed by atoms with Crippen molar-refractivity contribution in [2.75, 3.05) is 31.6 Å². The fourth-order valence-electron chi connectivity index (χ4n) is 3.00. The van der Waals surface area contributed by atoms with Crippen LogP contribution in [0, 0.1) is 0 Å². The molecule has 0 unspecified atom stereocenters. The van der Waals surface area contributed by atoms with Crippen molar-refractivity contribution in [3.63, 3.8) is 0 Å². The van der Waals surface area contributed by atoms with Crippen LogP contribution >= 0.6 is 0 Å². The predicted octanol–water partition coefficient (Wildman–Crippen LogP) is 2.36. The van der Waals surface area contributed by atoms with Crippen molar-refractivity contribution >= 4 is 33.2 Å². The smallest absolute Gasteiger partial charge is 0.243 e. The Morgan fingerprint density at radius 2 is 1.84 bits per heavy atom. The number of aromatic nitrogens is 2. The van der Waals surface area contributed by atoms with E-state index in [1.807, 2.05) is 0 Å². The Labute approximate surface area is 178 Å². The summed E-state index contributed by atoms with van der Waals surface area (Å²) in [5.74, 6) is 2.10. The zero-order chi connectivity index (χ0) is 22.0. The number of nitrogens with two attached hydrogens (primary N) is 1. The lowest BCUT2D eigenvalue weighted by molar-refractivity contribution is 0.172. The monoisotopic (exact) mass is 445 g/mol. The molecule has 0 saturated carbocycles. The average molecular weight is 445 g/mol. The van der Waals surface area contributed by atoms with Crippen LogP contribution in [0.4, 0.5) is 23.1 Å². The van der Waals surface area contributed by atoms with Crippen LogP contribution in [0.5, 0.6) is 23.0 Å². The van der Waals surface area contributed by atoms with Crippen LogP contribution in [-0.2, 0) is 10.0 Å². The molecule has 0 saturated heterocycles. The molecule has 3 aromatic rings. The molecule has 0 aliphatic carbocycles. The van der Waals surface area contributed by atoms with E-state index in [2.05, 4.69) is 20.6 Å². The fraction of sp³-hybridized carbons (Fsp3) is 0.158. The average Bonchev–Trinajstić information content (AvgIpc) is 3.21. The quantitative estimate of drug-likeness (QED) is 0.495. The molecule has 0 bridgehead atoms. The summed E-state index contributed by atoms with van der Waals surface area (Å²) in [6, 6.07) is 9.95. The minimum Gasteiger partial charge on any atom is -0.493 e. The van der Waals surface area contributed by atoms with Crippen molar-refractivity contribution in [3.8, 4) is 23.0 Å². The van der Waals surface area contributed by atoms with E-state index in [1.54, 1.807) is 37.4 Å². The van der Waals surface area contributed by atoms with Gasteiger partial charge in [0.2, 0.25) is 22.8 Å². The third kappa shape index (κ3) is 4.25. The minimum atomic E-state index is -4.10. The SMILES string of the molecule is COc1ccc(Nc2nccc(Nc3ccc4c(c3S(N)(=O)=O)OCO4)n2)cc1OC. The van der Waals surface area contributed by atoms with Gasteiger partial charge in [-0.25, -0.2) is 18.5 Å². The van der Waals surface area contributed by atoms with Gasteiger partial charge in [0.1, 0.15) is 5.82 Å². The number of primary sulfonamides is 1. The summed E-state index contributed by atoms with van der Waals surface area (Å²) in [5, 5.41) is 11.4. The molecule has 2 aromatic carbocycles. The summed E-state index contributed by atoms with van der Waals surface area (Å²) in [6.45, 7) is -0.0891. The second-order valence-corrected chi connectivity index (χ2v) is 7.80. The van der Waals surface area contributed by atoms with Crippen LogP contribution in [0.1, 0.15) is 0 Å². The highest BCUT2D eigenvalue weighted by atomic mass is 32.2. The number of methoxy groups -OCH3 is 2. The Balaban J connectivity index is 1.62. The lowest BCUT2D eigenvalue weighted by atomic mass is 10.2. The topological polar surface area (TPSA) is 147 Å². The molecule has 1 aliphatic heterocycles. The third-order valence-corrected chi connectivity index (χ3v) is 5.31. The Morgan fingerprint density at radius 3 is 2.58 bits per heavy atom. The lowest BCUT2D eigenvalue weighted by Gasteiger charge is -2.13. The molecule has 4 N–H and O–H groups in total. The van der Waals surface area contributed by atoms with Crippen LogP contribution in [0.2, 0.25) is 0 Å². The van der Waals surface area contributed by atoms with Crippen LogP contribution < -0.4 is 34.7 Å². The van der Waals surface area contributed by atoms with E-state index < -0.39 is 10.0 Å². The second-order valence-electron chi connectivity index (χ2n) is 6.31. The maximum absolute atomic E-state index is 12.2. The molecule has 162 valence electrons. The molecule has 0 atom stereocenters. The number of hydrogen-bond donors (Lipinski definition) is 3. The highest BCUT2D eigenvalue weighted by molar-refractivity contribution is 7.89. The normalized spacial score (nSPS) is 12.4. The van der Waals surface area contributed by atoms with Gasteiger partial charge in [-0.2, -0.15) is 4.98 Å². The molecular weight excluding hydrogens is 426 g/mol. The van der Waals surface area contributed by atoms with Gasteiger partial charge in [0, 0.05) is 18.0 Å². The Morgan fingerprint density at radius 1 is 1.03 bits per heavy atom. The fourth-order valence-corrected chi connectivity index (χ4v) is 3.84. The Hall–Kier alpha value is -3.77. The zero-order valence-corrected chi connectivity index (χ0v) is 17.4. The molecule has 0 fully saturated rings. The van der Waals surface area contributed by atoms with Crippen molar-refractivity contribution in [3.05, 3.63) is 42.6 Å². The molecule has 1 aliphatic rings. The van der Waals surface area contributed by atoms with Gasteiger partial charge in [-0.15, -0.1) is 0 Å². The molecule has 0 amide bonds. The number of sulfonamides is 1. The molecule has 1 aromatic heterocycles. The number of nitrogens with zero attached hydrogens (tertiary/aromatic N) is 2. The molecule has 4 rings (SSSR count). The number of anilines is 4. The van der Waals surface area contributed by atoms with Crippen LogP contribution in [0.15, 0.2) is 47.5 Å². The van der Waals surface area contributed by atoms with E-state index in [0.717, 1.165) is 0 Å². The largest absolute Gasteiger partial charge is 0.493 e. The number of nitrogens with one attached hydrogen (secondary N) is 2. The van der Waals surface area contributed by atoms with Crippen molar-refractivity contribution in [1.82, 2.24) is 9.97 Å². The highest BCUT2D eigenvalue weighted by Gasteiger charge is 2.28. The van der Waals surface area contributed by atoms with Gasteiger partial charge in [-0.05, 0) is 30.3 Å². The van der Waals surface area contributed by atoms with Gasteiger partial charge in [-0.1, -0.05) is 0 Å². The Bertz CT molecular complexity index is 1230. The van der Waals surface area contributed by atoms with E-state index in [-0.39, 0.29) is 29.1 Å². The standard InChI is InChI=1S/C19H19N5O6S/c1-27-13-5-3-11(9-15(13)28-2)22-19-21-8-7-16(24-19)23-12-4-6-14-17(30-10-29-14)18(12)31(20,25)26/h3-9H,10H2,1-2H3,(H2,20,25,26)(H2,21,22,23,24). The molecular formula is C19H19N5O6S. The lowest BCUT2D eigenvalue weighted by Crippen LogP contribution is -2.15. The molecule has 11 nitrogen and oxygen atoms in total. The summed E-state index contributed by atoms with van der Waals surface area (Å²) < 4.78 is 45.4. The number of rotatable bonds is 7. The summed E-state index contributed by atoms with van der Waals surface area (Å²) in [5.41, 5.74) is 0.866. The van der Waals surface area contributed by atoms with Gasteiger partial charge < -0.3 is 29.6 Å². The van der Waals surface area contributed by atoms with Gasteiger partial charge in [0.25, 0.3) is 0 Å². The summed E-state index contributed by atoms with van der Waals surface area (Å²) >= 11 is 0. The van der Waals surface area contributed by atoms with Gasteiger partial charge >= 0.3 is 0 Å². The van der Waals surface area contributed by atoms with Gasteiger partial charge in [0.15, 0.2) is 27.9 Å². The Kier molecular flexibility index (Phi) is 5.40. The van der Waals surface area contributed by atoms with Gasteiger partial charge in [-0.3, -0.25) is 0 Å². The van der Waals surface area contributed by atoms with E-state index in [1.165, 1.54) is 19.4 Å². The first-order valence-corrected chi connectivity index (χ1v) is 10.5. The van der Waals surface area contributed by atoms with E-state index in [4.69, 9.17) is 24.1 Å². The third-order valence-electron chi connectivity index (χ3n) is 4.34. The number of hydrogen-bond acceptors (Lipinski definition) is 10. The van der Waals surface area contributed by atoms with Gasteiger partial charge in [0.05, 0.1) is 19.9 Å². The number of fused-ring (bicyclic) bond motifs is 1. The molecule has 2 heterocycles. The maximum atomic E-state index is 12.2. The van der Waals surface area contributed by atoms with E-state index in [0.29, 0.717) is 28.8 Å². The van der Waals surface area contributed by atoms with E-state index in [9.17, 15) is 8.42 Å². The van der Waals surface area contributed by atoms with Crippen molar-refractivity contribution in [2.24, 2.45) is 5.14 Å². The van der Waals surface area contributed by atoms with Crippen LogP contribution in [0.25, 0.3) is 0 Å². The minimum absolute atomic E-state index is 0.0604. The molecule has 31 heavy (non-hydrogen) atoms. The predicted molar refractivity (Wildman–Crippen MR) is 112 cm³/mol. The maximum Gasteiger partial charge on any atom is 0.243 e. The van der Waals surface area contributed by atoms with Crippen molar-refractivity contribution < 1.29 is 27.4 Å². The molecule has 12 heteroatoms. The summed E-state index contributed by atoms with van der Waals surface area (Å²) in [6.07, 6.45) is 1.52. The van der Waals surface area contributed by atoms with Crippen molar-refractivity contribution in [1.29, 1.82) is 0 Å². The summed E-state index contributed by atoms with van der Waals surface area (Å²) in [7, 11) is -1.01. The van der Waals surface area contributed by atoms with Crippen LogP contribution in [0.3, 0.4) is 0 Å². The first kappa shape index (κ1) is 20.5. The molecule has 0 spiro atoms. The number of ether oxygens (including phenoxy) is 4. The summed E-state index contributed by atoms with van der Waals surface area (Å²) in [4.78, 5) is 8.33. The van der Waals surface area contributed by atoms with Crippen LogP contribution in [-0.4, -0.2) is 39.4 Å². The molecule has 0 radical (unpaired) electrons.